The van der Waals surface area contributed by atoms with E-state index < -0.39 is 5.97 Å². The Morgan fingerprint density at radius 1 is 1.41 bits per heavy atom. The maximum atomic E-state index is 11.8. The van der Waals surface area contributed by atoms with Crippen LogP contribution in [0.25, 0.3) is 0 Å². The molecule has 0 saturated carbocycles. The highest BCUT2D eigenvalue weighted by Gasteiger charge is 2.22. The molecular weight excluding hydrogens is 302 g/mol. The lowest BCUT2D eigenvalue weighted by Crippen LogP contribution is -2.34. The highest BCUT2D eigenvalue weighted by Crippen LogP contribution is 2.30. The number of carboxylic acid groups (broad SMARTS) is 1. The molecule has 7 heteroatoms. The number of hydrogen-bond acceptors (Lipinski definition) is 5. The molecule has 1 atom stereocenters. The minimum Gasteiger partial charge on any atom is -0.481 e. The third-order valence-electron chi connectivity index (χ3n) is 3.66. The van der Waals surface area contributed by atoms with E-state index in [2.05, 4.69) is 22.5 Å². The second-order valence-corrected chi connectivity index (χ2v) is 6.66. The number of carbonyl (C=O) groups is 2. The summed E-state index contributed by atoms with van der Waals surface area (Å²) in [4.78, 5) is 27.9. The van der Waals surface area contributed by atoms with Crippen LogP contribution in [-0.2, 0) is 22.4 Å². The SMILES string of the molecule is CCCNC1CCc2nc(NC(=O)CCCC(=O)O)sc2C1. The van der Waals surface area contributed by atoms with Gasteiger partial charge in [0.1, 0.15) is 0 Å². The molecule has 1 amide bonds. The Labute approximate surface area is 134 Å². The van der Waals surface area contributed by atoms with Crippen molar-refractivity contribution in [3.8, 4) is 0 Å². The van der Waals surface area contributed by atoms with Crippen LogP contribution in [0.15, 0.2) is 0 Å². The molecule has 1 aliphatic rings. The van der Waals surface area contributed by atoms with Crippen LogP contribution in [0.5, 0.6) is 0 Å². The minimum atomic E-state index is -0.872. The summed E-state index contributed by atoms with van der Waals surface area (Å²) in [6, 6.07) is 0.506. The van der Waals surface area contributed by atoms with Gasteiger partial charge in [0.25, 0.3) is 0 Å². The molecule has 0 aliphatic heterocycles. The number of carboxylic acids is 1. The van der Waals surface area contributed by atoms with Gasteiger partial charge in [-0.15, -0.1) is 11.3 Å². The van der Waals surface area contributed by atoms with Crippen LogP contribution in [0.3, 0.4) is 0 Å². The van der Waals surface area contributed by atoms with Crippen molar-refractivity contribution in [2.24, 2.45) is 0 Å². The van der Waals surface area contributed by atoms with E-state index >= 15 is 0 Å². The Morgan fingerprint density at radius 3 is 2.95 bits per heavy atom. The molecule has 6 nitrogen and oxygen atoms in total. The first-order valence-corrected chi connectivity index (χ1v) is 8.63. The van der Waals surface area contributed by atoms with E-state index in [9.17, 15) is 9.59 Å². The molecule has 0 aromatic carbocycles. The fraction of sp³-hybridized carbons (Fsp3) is 0.667. The van der Waals surface area contributed by atoms with E-state index in [1.807, 2.05) is 0 Å². The van der Waals surface area contributed by atoms with Crippen LogP contribution in [0.1, 0.15) is 49.6 Å². The van der Waals surface area contributed by atoms with Crippen LogP contribution in [-0.4, -0.2) is 34.6 Å². The van der Waals surface area contributed by atoms with Crippen molar-refractivity contribution in [2.45, 2.75) is 57.9 Å². The molecule has 1 unspecified atom stereocenters. The number of nitrogens with zero attached hydrogens (tertiary/aromatic N) is 1. The Morgan fingerprint density at radius 2 is 2.23 bits per heavy atom. The van der Waals surface area contributed by atoms with E-state index in [0.29, 0.717) is 17.6 Å². The molecular formula is C15H23N3O3S. The van der Waals surface area contributed by atoms with Gasteiger partial charge in [0.15, 0.2) is 5.13 Å². The summed E-state index contributed by atoms with van der Waals surface area (Å²) < 4.78 is 0. The third kappa shape index (κ3) is 5.06. The molecule has 0 saturated heterocycles. The number of nitrogens with one attached hydrogen (secondary N) is 2. The average molecular weight is 325 g/mol. The summed E-state index contributed by atoms with van der Waals surface area (Å²) >= 11 is 1.54. The van der Waals surface area contributed by atoms with Crippen molar-refractivity contribution in [1.29, 1.82) is 0 Å². The first-order valence-electron chi connectivity index (χ1n) is 7.82. The van der Waals surface area contributed by atoms with Gasteiger partial charge in [0.2, 0.25) is 5.91 Å². The van der Waals surface area contributed by atoms with Gasteiger partial charge in [-0.1, -0.05) is 6.92 Å². The molecule has 0 fully saturated rings. The largest absolute Gasteiger partial charge is 0.481 e. The lowest BCUT2D eigenvalue weighted by molar-refractivity contribution is -0.137. The number of aliphatic carboxylic acids is 1. The van der Waals surface area contributed by atoms with Gasteiger partial charge < -0.3 is 15.7 Å². The van der Waals surface area contributed by atoms with Gasteiger partial charge in [0.05, 0.1) is 5.69 Å². The Kier molecular flexibility index (Phi) is 6.33. The minimum absolute atomic E-state index is 0.0204. The van der Waals surface area contributed by atoms with Crippen molar-refractivity contribution in [3.05, 3.63) is 10.6 Å². The molecule has 0 radical (unpaired) electrons. The van der Waals surface area contributed by atoms with E-state index in [0.717, 1.165) is 37.9 Å². The number of anilines is 1. The van der Waals surface area contributed by atoms with E-state index in [1.165, 1.54) is 4.88 Å². The zero-order chi connectivity index (χ0) is 15.9. The molecule has 122 valence electrons. The Hall–Kier alpha value is -1.47. The number of fused-ring (bicyclic) bond motifs is 1. The van der Waals surface area contributed by atoms with Crippen molar-refractivity contribution >= 4 is 28.3 Å². The summed E-state index contributed by atoms with van der Waals surface area (Å²) in [5.74, 6) is -1.03. The van der Waals surface area contributed by atoms with Crippen molar-refractivity contribution in [3.63, 3.8) is 0 Å². The van der Waals surface area contributed by atoms with E-state index in [4.69, 9.17) is 5.11 Å². The smallest absolute Gasteiger partial charge is 0.303 e. The Bertz CT molecular complexity index is 530. The zero-order valence-corrected chi connectivity index (χ0v) is 13.7. The van der Waals surface area contributed by atoms with Crippen molar-refractivity contribution < 1.29 is 14.7 Å². The summed E-state index contributed by atoms with van der Waals surface area (Å²) in [6.07, 6.45) is 4.73. The molecule has 1 aromatic rings. The lowest BCUT2D eigenvalue weighted by atomic mass is 9.98. The molecule has 0 bridgehead atoms. The second-order valence-electron chi connectivity index (χ2n) is 5.58. The number of amides is 1. The fourth-order valence-electron chi connectivity index (χ4n) is 2.53. The topological polar surface area (TPSA) is 91.3 Å². The van der Waals surface area contributed by atoms with Gasteiger partial charge in [0, 0.05) is 23.8 Å². The van der Waals surface area contributed by atoms with Gasteiger partial charge in [-0.05, 0) is 38.6 Å². The molecule has 1 aromatic heterocycles. The third-order valence-corrected chi connectivity index (χ3v) is 4.70. The first kappa shape index (κ1) is 16.9. The maximum Gasteiger partial charge on any atom is 0.303 e. The monoisotopic (exact) mass is 325 g/mol. The molecule has 0 spiro atoms. The van der Waals surface area contributed by atoms with Gasteiger partial charge in [-0.3, -0.25) is 9.59 Å². The van der Waals surface area contributed by atoms with Crippen LogP contribution >= 0.6 is 11.3 Å². The van der Waals surface area contributed by atoms with Crippen LogP contribution in [0.2, 0.25) is 0 Å². The highest BCUT2D eigenvalue weighted by atomic mass is 32.1. The molecule has 2 rings (SSSR count). The van der Waals surface area contributed by atoms with E-state index in [1.54, 1.807) is 11.3 Å². The summed E-state index contributed by atoms with van der Waals surface area (Å²) in [7, 11) is 0. The van der Waals surface area contributed by atoms with Crippen molar-refractivity contribution in [1.82, 2.24) is 10.3 Å². The number of hydrogen-bond donors (Lipinski definition) is 3. The Balaban J connectivity index is 1.83. The second kappa shape index (κ2) is 8.24. The number of carbonyl (C=O) groups excluding carboxylic acids is 1. The van der Waals surface area contributed by atoms with Crippen molar-refractivity contribution in [2.75, 3.05) is 11.9 Å². The lowest BCUT2D eigenvalue weighted by Gasteiger charge is -2.21. The average Bonchev–Trinajstić information content (AvgIpc) is 2.85. The van der Waals surface area contributed by atoms with Gasteiger partial charge in [-0.25, -0.2) is 4.98 Å². The summed E-state index contributed by atoms with van der Waals surface area (Å²) in [6.45, 7) is 3.19. The quantitative estimate of drug-likeness (QED) is 0.681. The van der Waals surface area contributed by atoms with Crippen LogP contribution in [0.4, 0.5) is 5.13 Å². The predicted molar refractivity (Wildman–Crippen MR) is 86.3 cm³/mol. The molecule has 22 heavy (non-hydrogen) atoms. The van der Waals surface area contributed by atoms with Gasteiger partial charge in [-0.2, -0.15) is 0 Å². The normalized spacial score (nSPS) is 17.0. The number of rotatable bonds is 8. The zero-order valence-electron chi connectivity index (χ0n) is 12.9. The van der Waals surface area contributed by atoms with Gasteiger partial charge >= 0.3 is 5.97 Å². The number of aromatic nitrogens is 1. The number of thiazole rings is 1. The summed E-state index contributed by atoms with van der Waals surface area (Å²) in [5, 5.41) is 15.5. The fourth-order valence-corrected chi connectivity index (χ4v) is 3.64. The standard InChI is InChI=1S/C15H23N3O3S/c1-2-8-16-10-6-7-11-12(9-10)22-15(17-11)18-13(19)4-3-5-14(20)21/h10,16H,2-9H2,1H3,(H,20,21)(H,17,18,19). The molecule has 3 N–H and O–H groups in total. The molecule has 1 aliphatic carbocycles. The van der Waals surface area contributed by atoms with Crippen LogP contribution < -0.4 is 10.6 Å². The summed E-state index contributed by atoms with van der Waals surface area (Å²) in [5.41, 5.74) is 1.10. The van der Waals surface area contributed by atoms with Crippen LogP contribution in [0, 0.1) is 0 Å². The maximum absolute atomic E-state index is 11.8. The predicted octanol–water partition coefficient (Wildman–Crippen LogP) is 2.19. The molecule has 1 heterocycles. The van der Waals surface area contributed by atoms with E-state index in [-0.39, 0.29) is 18.7 Å². The first-order chi connectivity index (χ1) is 10.6. The highest BCUT2D eigenvalue weighted by molar-refractivity contribution is 7.15. The number of aryl methyl sites for hydroxylation is 1.